The first-order valence-corrected chi connectivity index (χ1v) is 5.56. The molecule has 1 spiro atoms. The molecule has 0 bridgehead atoms. The van der Waals surface area contributed by atoms with Crippen LogP contribution in [0.5, 0.6) is 0 Å². The molecule has 1 N–H and O–H groups in total. The molecule has 5 nitrogen and oxygen atoms in total. The highest BCUT2D eigenvalue weighted by atomic mass is 16.6. The second-order valence-electron chi connectivity index (χ2n) is 5.73. The Labute approximate surface area is 95.3 Å². The number of hydrogen-bond donors (Lipinski definition) is 1. The summed E-state index contributed by atoms with van der Waals surface area (Å²) in [4.78, 5) is 13.3. The summed E-state index contributed by atoms with van der Waals surface area (Å²) in [5.41, 5.74) is -0.707. The third kappa shape index (κ3) is 2.01. The van der Waals surface area contributed by atoms with Crippen molar-refractivity contribution < 1.29 is 19.4 Å². The van der Waals surface area contributed by atoms with E-state index in [9.17, 15) is 9.90 Å². The SMILES string of the molecule is CC(C)(C)OC(=O)N1CC2(COC[C@@H]2O)C1. The molecule has 2 aliphatic heterocycles. The maximum absolute atomic E-state index is 11.7. The van der Waals surface area contributed by atoms with Gasteiger partial charge in [0.25, 0.3) is 0 Å². The van der Waals surface area contributed by atoms with Crippen molar-refractivity contribution in [1.82, 2.24) is 4.90 Å². The van der Waals surface area contributed by atoms with Gasteiger partial charge < -0.3 is 19.5 Å². The van der Waals surface area contributed by atoms with Crippen LogP contribution in [0.1, 0.15) is 20.8 Å². The lowest BCUT2D eigenvalue weighted by Crippen LogP contribution is -2.63. The molecule has 0 aromatic heterocycles. The van der Waals surface area contributed by atoms with Gasteiger partial charge in [0.1, 0.15) is 5.60 Å². The molecule has 0 radical (unpaired) electrons. The fourth-order valence-corrected chi connectivity index (χ4v) is 2.12. The van der Waals surface area contributed by atoms with Crippen molar-refractivity contribution in [2.75, 3.05) is 26.3 Å². The van der Waals surface area contributed by atoms with E-state index >= 15 is 0 Å². The molecule has 1 amide bonds. The monoisotopic (exact) mass is 229 g/mol. The van der Waals surface area contributed by atoms with Crippen LogP contribution in [0.4, 0.5) is 4.79 Å². The molecule has 2 heterocycles. The molecule has 0 aromatic carbocycles. The molecular weight excluding hydrogens is 210 g/mol. The normalized spacial score (nSPS) is 28.0. The number of nitrogens with zero attached hydrogens (tertiary/aromatic N) is 1. The molecule has 2 rings (SSSR count). The summed E-state index contributed by atoms with van der Waals surface area (Å²) in [6.07, 6.45) is -0.761. The molecule has 0 saturated carbocycles. The number of carbonyl (C=O) groups excluding carboxylic acids is 1. The van der Waals surface area contributed by atoms with Crippen LogP contribution in [0.15, 0.2) is 0 Å². The van der Waals surface area contributed by atoms with E-state index in [-0.39, 0.29) is 11.5 Å². The summed E-state index contributed by atoms with van der Waals surface area (Å²) in [6.45, 7) is 7.50. The first-order valence-electron chi connectivity index (χ1n) is 5.56. The van der Waals surface area contributed by atoms with Gasteiger partial charge in [-0.15, -0.1) is 0 Å². The summed E-state index contributed by atoms with van der Waals surface area (Å²) < 4.78 is 10.5. The van der Waals surface area contributed by atoms with Crippen LogP contribution in [-0.2, 0) is 9.47 Å². The van der Waals surface area contributed by atoms with Crippen LogP contribution in [-0.4, -0.2) is 54.1 Å². The van der Waals surface area contributed by atoms with Gasteiger partial charge in [-0.25, -0.2) is 4.79 Å². The summed E-state index contributed by atoms with van der Waals surface area (Å²) >= 11 is 0. The summed E-state index contributed by atoms with van der Waals surface area (Å²) in [7, 11) is 0. The number of hydrogen-bond acceptors (Lipinski definition) is 4. The van der Waals surface area contributed by atoms with Gasteiger partial charge in [0.05, 0.1) is 24.7 Å². The number of aliphatic hydroxyl groups is 1. The second-order valence-corrected chi connectivity index (χ2v) is 5.73. The number of rotatable bonds is 0. The second kappa shape index (κ2) is 3.60. The average Bonchev–Trinajstić information content (AvgIpc) is 2.40. The van der Waals surface area contributed by atoms with Gasteiger partial charge in [-0.2, -0.15) is 0 Å². The minimum absolute atomic E-state index is 0.239. The standard InChI is InChI=1S/C11H19NO4/c1-10(2,3)16-9(14)12-5-11(6-12)7-15-4-8(11)13/h8,13H,4-7H2,1-3H3/t8-/m0/s1. The predicted molar refractivity (Wildman–Crippen MR) is 57.1 cm³/mol. The number of ether oxygens (including phenoxy) is 2. The Morgan fingerprint density at radius 3 is 2.56 bits per heavy atom. The van der Waals surface area contributed by atoms with E-state index in [1.165, 1.54) is 0 Å². The maximum atomic E-state index is 11.7. The zero-order valence-electron chi connectivity index (χ0n) is 10.0. The van der Waals surface area contributed by atoms with E-state index < -0.39 is 11.7 Å². The number of likely N-dealkylation sites (tertiary alicyclic amines) is 1. The van der Waals surface area contributed by atoms with Crippen LogP contribution in [0.25, 0.3) is 0 Å². The minimum atomic E-state index is -0.468. The molecule has 1 atom stereocenters. The summed E-state index contributed by atoms with van der Waals surface area (Å²) in [5.74, 6) is 0. The van der Waals surface area contributed by atoms with Gasteiger partial charge in [-0.05, 0) is 20.8 Å². The fourth-order valence-electron chi connectivity index (χ4n) is 2.12. The van der Waals surface area contributed by atoms with Crippen molar-refractivity contribution >= 4 is 6.09 Å². The van der Waals surface area contributed by atoms with Crippen molar-refractivity contribution in [3.05, 3.63) is 0 Å². The van der Waals surface area contributed by atoms with Crippen LogP contribution >= 0.6 is 0 Å². The first kappa shape index (κ1) is 11.7. The largest absolute Gasteiger partial charge is 0.444 e. The zero-order chi connectivity index (χ0) is 12.0. The molecule has 0 aliphatic carbocycles. The zero-order valence-corrected chi connectivity index (χ0v) is 10.0. The van der Waals surface area contributed by atoms with E-state index in [2.05, 4.69) is 0 Å². The number of aliphatic hydroxyl groups excluding tert-OH is 1. The highest BCUT2D eigenvalue weighted by Crippen LogP contribution is 2.39. The van der Waals surface area contributed by atoms with Gasteiger partial charge in [-0.1, -0.05) is 0 Å². The Bertz CT molecular complexity index is 291. The van der Waals surface area contributed by atoms with Crippen molar-refractivity contribution in [2.24, 2.45) is 5.41 Å². The van der Waals surface area contributed by atoms with Crippen molar-refractivity contribution in [1.29, 1.82) is 0 Å². The predicted octanol–water partition coefficient (Wildman–Crippen LogP) is 0.615. The van der Waals surface area contributed by atoms with Crippen LogP contribution in [0.3, 0.4) is 0 Å². The molecule has 5 heteroatoms. The molecule has 2 fully saturated rings. The van der Waals surface area contributed by atoms with Crippen molar-refractivity contribution in [3.8, 4) is 0 Å². The van der Waals surface area contributed by atoms with E-state index in [1.807, 2.05) is 20.8 Å². The number of carbonyl (C=O) groups is 1. The van der Waals surface area contributed by atoms with Gasteiger partial charge in [0.2, 0.25) is 0 Å². The Kier molecular flexibility index (Phi) is 2.62. The molecular formula is C11H19NO4. The topological polar surface area (TPSA) is 59.0 Å². The first-order chi connectivity index (χ1) is 7.32. The molecule has 0 aromatic rings. The summed E-state index contributed by atoms with van der Waals surface area (Å²) in [6, 6.07) is 0. The highest BCUT2D eigenvalue weighted by Gasteiger charge is 2.54. The van der Waals surface area contributed by atoms with E-state index in [0.29, 0.717) is 26.3 Å². The third-order valence-corrected chi connectivity index (χ3v) is 3.04. The van der Waals surface area contributed by atoms with Crippen LogP contribution in [0.2, 0.25) is 0 Å². The lowest BCUT2D eigenvalue weighted by Gasteiger charge is -2.48. The fraction of sp³-hybridized carbons (Fsp3) is 0.909. The smallest absolute Gasteiger partial charge is 0.410 e. The quantitative estimate of drug-likeness (QED) is 0.661. The Hall–Kier alpha value is -0.810. The Morgan fingerprint density at radius 1 is 1.50 bits per heavy atom. The van der Waals surface area contributed by atoms with E-state index in [4.69, 9.17) is 9.47 Å². The van der Waals surface area contributed by atoms with E-state index in [1.54, 1.807) is 4.90 Å². The van der Waals surface area contributed by atoms with Crippen molar-refractivity contribution in [2.45, 2.75) is 32.5 Å². The Morgan fingerprint density at radius 2 is 2.12 bits per heavy atom. The van der Waals surface area contributed by atoms with Gasteiger partial charge in [0.15, 0.2) is 0 Å². The Balaban J connectivity index is 1.86. The number of amides is 1. The molecule has 16 heavy (non-hydrogen) atoms. The minimum Gasteiger partial charge on any atom is -0.444 e. The molecule has 2 saturated heterocycles. The molecule has 2 aliphatic rings. The van der Waals surface area contributed by atoms with Gasteiger partial charge in [-0.3, -0.25) is 0 Å². The average molecular weight is 229 g/mol. The summed E-state index contributed by atoms with van der Waals surface area (Å²) in [5, 5.41) is 9.73. The van der Waals surface area contributed by atoms with Crippen molar-refractivity contribution in [3.63, 3.8) is 0 Å². The lowest BCUT2D eigenvalue weighted by molar-refractivity contribution is -0.0713. The molecule has 0 unspecified atom stereocenters. The van der Waals surface area contributed by atoms with Crippen LogP contribution in [0, 0.1) is 5.41 Å². The molecule has 92 valence electrons. The van der Waals surface area contributed by atoms with E-state index in [0.717, 1.165) is 0 Å². The van der Waals surface area contributed by atoms with Gasteiger partial charge >= 0.3 is 6.09 Å². The highest BCUT2D eigenvalue weighted by molar-refractivity contribution is 5.69. The maximum Gasteiger partial charge on any atom is 0.410 e. The van der Waals surface area contributed by atoms with Gasteiger partial charge in [0, 0.05) is 13.1 Å². The lowest BCUT2D eigenvalue weighted by atomic mass is 9.77. The third-order valence-electron chi connectivity index (χ3n) is 3.04. The van der Waals surface area contributed by atoms with Crippen LogP contribution < -0.4 is 0 Å².